The molecular formula is C10H5F2N3S. The van der Waals surface area contributed by atoms with Crippen LogP contribution in [0.4, 0.5) is 8.78 Å². The molecule has 0 atom stereocenters. The molecule has 0 saturated carbocycles. The van der Waals surface area contributed by atoms with Crippen molar-refractivity contribution < 1.29 is 8.78 Å². The molecular weight excluding hydrogens is 232 g/mol. The zero-order chi connectivity index (χ0) is 11.5. The first kappa shape index (κ1) is 10.6. The fourth-order valence-electron chi connectivity index (χ4n) is 1.13. The zero-order valence-electron chi connectivity index (χ0n) is 7.87. The number of aromatic nitrogens is 2. The van der Waals surface area contributed by atoms with Crippen molar-refractivity contribution in [3.8, 4) is 6.07 Å². The molecule has 0 unspecified atom stereocenters. The topological polar surface area (TPSA) is 52.5 Å². The smallest absolute Gasteiger partial charge is 0.170 e. The van der Waals surface area contributed by atoms with E-state index >= 15 is 0 Å². The van der Waals surface area contributed by atoms with Gasteiger partial charge in [-0.25, -0.2) is 13.8 Å². The number of imidazole rings is 1. The van der Waals surface area contributed by atoms with E-state index in [-0.39, 0.29) is 10.5 Å². The molecule has 1 aromatic carbocycles. The zero-order valence-corrected chi connectivity index (χ0v) is 8.68. The van der Waals surface area contributed by atoms with E-state index < -0.39 is 11.6 Å². The summed E-state index contributed by atoms with van der Waals surface area (Å²) in [5, 5.41) is 8.92. The maximum atomic E-state index is 13.4. The van der Waals surface area contributed by atoms with Crippen LogP contribution in [-0.4, -0.2) is 9.97 Å². The molecule has 0 spiro atoms. The molecule has 0 aliphatic carbocycles. The molecule has 0 radical (unpaired) electrons. The van der Waals surface area contributed by atoms with Crippen molar-refractivity contribution in [1.82, 2.24) is 9.97 Å². The van der Waals surface area contributed by atoms with Gasteiger partial charge < -0.3 is 4.98 Å². The van der Waals surface area contributed by atoms with E-state index in [1.807, 2.05) is 0 Å². The molecule has 1 heterocycles. The van der Waals surface area contributed by atoms with Gasteiger partial charge in [0.1, 0.15) is 11.6 Å². The molecule has 2 aromatic rings. The average molecular weight is 237 g/mol. The predicted octanol–water partition coefficient (Wildman–Crippen LogP) is 2.71. The van der Waals surface area contributed by atoms with E-state index in [0.717, 1.165) is 23.9 Å². The van der Waals surface area contributed by atoms with Gasteiger partial charge >= 0.3 is 0 Å². The SMILES string of the molecule is N#Cc1cc(F)c(Sc2ncc[nH]2)c(F)c1. The largest absolute Gasteiger partial charge is 0.339 e. The Kier molecular flexibility index (Phi) is 2.88. The van der Waals surface area contributed by atoms with Gasteiger partial charge in [-0.3, -0.25) is 0 Å². The Bertz CT molecular complexity index is 523. The normalized spacial score (nSPS) is 10.1. The van der Waals surface area contributed by atoms with Crippen LogP contribution in [0.1, 0.15) is 5.56 Å². The van der Waals surface area contributed by atoms with Gasteiger partial charge in [0.15, 0.2) is 5.16 Å². The van der Waals surface area contributed by atoms with Gasteiger partial charge in [0, 0.05) is 12.4 Å². The Labute approximate surface area is 94.1 Å². The summed E-state index contributed by atoms with van der Waals surface area (Å²) in [5.74, 6) is -1.53. The molecule has 0 aliphatic rings. The molecule has 2 rings (SSSR count). The highest BCUT2D eigenvalue weighted by atomic mass is 32.2. The van der Waals surface area contributed by atoms with Crippen molar-refractivity contribution in [2.75, 3.05) is 0 Å². The lowest BCUT2D eigenvalue weighted by Gasteiger charge is -2.02. The number of hydrogen-bond acceptors (Lipinski definition) is 3. The first-order valence-corrected chi connectivity index (χ1v) is 5.08. The maximum Gasteiger partial charge on any atom is 0.170 e. The number of benzene rings is 1. The Morgan fingerprint density at radius 2 is 2.00 bits per heavy atom. The van der Waals surface area contributed by atoms with Gasteiger partial charge in [-0.05, 0) is 23.9 Å². The van der Waals surface area contributed by atoms with Crippen LogP contribution < -0.4 is 0 Å². The van der Waals surface area contributed by atoms with E-state index in [4.69, 9.17) is 5.26 Å². The van der Waals surface area contributed by atoms with E-state index in [1.165, 1.54) is 6.20 Å². The minimum Gasteiger partial charge on any atom is -0.339 e. The van der Waals surface area contributed by atoms with E-state index in [1.54, 1.807) is 12.3 Å². The predicted molar refractivity (Wildman–Crippen MR) is 53.8 cm³/mol. The molecule has 16 heavy (non-hydrogen) atoms. The van der Waals surface area contributed by atoms with Crippen molar-refractivity contribution in [2.24, 2.45) is 0 Å². The second kappa shape index (κ2) is 4.33. The van der Waals surface area contributed by atoms with Crippen LogP contribution in [0.5, 0.6) is 0 Å². The van der Waals surface area contributed by atoms with Gasteiger partial charge in [0.05, 0.1) is 16.5 Å². The first-order valence-electron chi connectivity index (χ1n) is 4.27. The molecule has 80 valence electrons. The van der Waals surface area contributed by atoms with Gasteiger partial charge in [-0.15, -0.1) is 0 Å². The molecule has 3 nitrogen and oxygen atoms in total. The van der Waals surface area contributed by atoms with E-state index in [2.05, 4.69) is 9.97 Å². The Hall–Kier alpha value is -1.87. The Morgan fingerprint density at radius 3 is 2.50 bits per heavy atom. The summed E-state index contributed by atoms with van der Waals surface area (Å²) in [5.41, 5.74) is -0.0428. The molecule has 0 bridgehead atoms. The summed E-state index contributed by atoms with van der Waals surface area (Å²) in [7, 11) is 0. The fourth-order valence-corrected chi connectivity index (χ4v) is 1.87. The van der Waals surface area contributed by atoms with Gasteiger partial charge in [-0.1, -0.05) is 0 Å². The third-order valence-corrected chi connectivity index (χ3v) is 2.81. The number of nitriles is 1. The van der Waals surface area contributed by atoms with E-state index in [0.29, 0.717) is 5.16 Å². The summed E-state index contributed by atoms with van der Waals surface area (Å²) in [6, 6.07) is 3.67. The van der Waals surface area contributed by atoms with Crippen LogP contribution in [0.25, 0.3) is 0 Å². The fraction of sp³-hybridized carbons (Fsp3) is 0. The first-order chi connectivity index (χ1) is 7.70. The lowest BCUT2D eigenvalue weighted by atomic mass is 10.2. The van der Waals surface area contributed by atoms with Crippen LogP contribution in [0.15, 0.2) is 34.6 Å². The van der Waals surface area contributed by atoms with Crippen LogP contribution in [0.3, 0.4) is 0 Å². The third-order valence-electron chi connectivity index (χ3n) is 1.80. The molecule has 6 heteroatoms. The van der Waals surface area contributed by atoms with Crippen LogP contribution in [0.2, 0.25) is 0 Å². The van der Waals surface area contributed by atoms with Gasteiger partial charge in [0.2, 0.25) is 0 Å². The molecule has 0 fully saturated rings. The minimum absolute atomic E-state index is 0.0428. The average Bonchev–Trinajstić information content (AvgIpc) is 2.75. The number of H-pyrrole nitrogens is 1. The highest BCUT2D eigenvalue weighted by Gasteiger charge is 2.13. The summed E-state index contributed by atoms with van der Waals surface area (Å²) < 4.78 is 26.9. The monoisotopic (exact) mass is 237 g/mol. The Balaban J connectivity index is 2.39. The third kappa shape index (κ3) is 2.04. The second-order valence-electron chi connectivity index (χ2n) is 2.88. The molecule has 0 saturated heterocycles. The van der Waals surface area contributed by atoms with Gasteiger partial charge in [-0.2, -0.15) is 5.26 Å². The standard InChI is InChI=1S/C10H5F2N3S/c11-7-3-6(5-13)4-8(12)9(7)16-10-14-1-2-15-10/h1-4H,(H,14,15). The number of aromatic amines is 1. The Morgan fingerprint density at radius 1 is 1.31 bits per heavy atom. The second-order valence-corrected chi connectivity index (χ2v) is 3.88. The summed E-state index contributed by atoms with van der Waals surface area (Å²) in [6.45, 7) is 0. The number of nitrogens with zero attached hydrogens (tertiary/aromatic N) is 2. The number of rotatable bonds is 2. The van der Waals surface area contributed by atoms with Crippen molar-refractivity contribution >= 4 is 11.8 Å². The minimum atomic E-state index is -0.766. The van der Waals surface area contributed by atoms with Crippen LogP contribution >= 0.6 is 11.8 Å². The van der Waals surface area contributed by atoms with Crippen molar-refractivity contribution in [2.45, 2.75) is 10.1 Å². The van der Waals surface area contributed by atoms with Gasteiger partial charge in [0.25, 0.3) is 0 Å². The maximum absolute atomic E-state index is 13.4. The van der Waals surface area contributed by atoms with Crippen LogP contribution in [-0.2, 0) is 0 Å². The molecule has 0 amide bonds. The quantitative estimate of drug-likeness (QED) is 0.873. The summed E-state index contributed by atoms with van der Waals surface area (Å²) in [4.78, 5) is 6.40. The number of halogens is 2. The molecule has 1 N–H and O–H groups in total. The summed E-state index contributed by atoms with van der Waals surface area (Å²) in [6.07, 6.45) is 3.05. The summed E-state index contributed by atoms with van der Waals surface area (Å²) >= 11 is 0.841. The lowest BCUT2D eigenvalue weighted by molar-refractivity contribution is 0.539. The van der Waals surface area contributed by atoms with Crippen LogP contribution in [0, 0.1) is 23.0 Å². The van der Waals surface area contributed by atoms with Crippen molar-refractivity contribution in [1.29, 1.82) is 5.26 Å². The molecule has 1 aromatic heterocycles. The van der Waals surface area contributed by atoms with Crippen molar-refractivity contribution in [3.63, 3.8) is 0 Å². The van der Waals surface area contributed by atoms with Crippen molar-refractivity contribution in [3.05, 3.63) is 41.7 Å². The van der Waals surface area contributed by atoms with E-state index in [9.17, 15) is 8.78 Å². The molecule has 0 aliphatic heterocycles. The lowest BCUT2D eigenvalue weighted by Crippen LogP contribution is -1.90. The number of nitrogens with one attached hydrogen (secondary N) is 1. The highest BCUT2D eigenvalue weighted by molar-refractivity contribution is 7.99. The number of hydrogen-bond donors (Lipinski definition) is 1. The highest BCUT2D eigenvalue weighted by Crippen LogP contribution is 2.30.